The van der Waals surface area contributed by atoms with Gasteiger partial charge in [-0.3, -0.25) is 4.79 Å². The van der Waals surface area contributed by atoms with Gasteiger partial charge in [0.1, 0.15) is 23.2 Å². The van der Waals surface area contributed by atoms with Gasteiger partial charge in [0.25, 0.3) is 0 Å². The molecule has 5 heteroatoms. The highest BCUT2D eigenvalue weighted by molar-refractivity contribution is 5.94. The van der Waals surface area contributed by atoms with Crippen LogP contribution in [0.15, 0.2) is 18.2 Å². The van der Waals surface area contributed by atoms with E-state index in [0.29, 0.717) is 22.9 Å². The summed E-state index contributed by atoms with van der Waals surface area (Å²) >= 11 is 0. The molecule has 0 spiro atoms. The monoisotopic (exact) mass is 233 g/mol. The molecule has 0 fully saturated rings. The van der Waals surface area contributed by atoms with Gasteiger partial charge < -0.3 is 0 Å². The molecule has 0 aliphatic rings. The molecule has 0 atom stereocenters. The van der Waals surface area contributed by atoms with E-state index < -0.39 is 5.82 Å². The van der Waals surface area contributed by atoms with Crippen LogP contribution in [0.4, 0.5) is 4.39 Å². The molecule has 88 valence electrons. The topological polar surface area (TPSA) is 47.8 Å². The number of hydrogen-bond donors (Lipinski definition) is 0. The van der Waals surface area contributed by atoms with E-state index in [-0.39, 0.29) is 5.78 Å². The Hall–Kier alpha value is -2.04. The van der Waals surface area contributed by atoms with E-state index in [1.165, 1.54) is 23.7 Å². The number of carbonyl (C=O) groups is 1. The van der Waals surface area contributed by atoms with Crippen molar-refractivity contribution in [2.45, 2.75) is 20.8 Å². The Labute approximate surface area is 98.1 Å². The van der Waals surface area contributed by atoms with E-state index in [2.05, 4.69) is 10.1 Å². The second-order valence-electron chi connectivity index (χ2n) is 3.84. The Balaban J connectivity index is 2.54. The quantitative estimate of drug-likeness (QED) is 0.747. The highest BCUT2D eigenvalue weighted by Gasteiger charge is 2.11. The Morgan fingerprint density at radius 2 is 2.06 bits per heavy atom. The van der Waals surface area contributed by atoms with E-state index in [1.807, 2.05) is 0 Å². The maximum atomic E-state index is 13.8. The fraction of sp³-hybridized carbons (Fsp3) is 0.250. The molecule has 2 rings (SSSR count). The highest BCUT2D eigenvalue weighted by atomic mass is 19.1. The van der Waals surface area contributed by atoms with Crippen LogP contribution in [-0.2, 0) is 0 Å². The third-order valence-corrected chi connectivity index (χ3v) is 2.46. The molecule has 0 saturated heterocycles. The van der Waals surface area contributed by atoms with Gasteiger partial charge in [-0.1, -0.05) is 0 Å². The van der Waals surface area contributed by atoms with Gasteiger partial charge in [-0.15, -0.1) is 0 Å². The van der Waals surface area contributed by atoms with Crippen molar-refractivity contribution in [2.24, 2.45) is 0 Å². The summed E-state index contributed by atoms with van der Waals surface area (Å²) in [5.74, 6) is 0.544. The molecule has 0 N–H and O–H groups in total. The lowest BCUT2D eigenvalue weighted by molar-refractivity contribution is 0.101. The number of Topliss-reactive ketones (excluding diaryl/α,β-unsaturated/α-hetero) is 1. The summed E-state index contributed by atoms with van der Waals surface area (Å²) in [5, 5.41) is 4.10. The lowest BCUT2D eigenvalue weighted by Gasteiger charge is -2.05. The second kappa shape index (κ2) is 4.08. The van der Waals surface area contributed by atoms with E-state index in [1.54, 1.807) is 19.9 Å². The molecule has 1 heterocycles. The number of nitrogens with zero attached hydrogens (tertiary/aromatic N) is 3. The number of hydrogen-bond acceptors (Lipinski definition) is 3. The minimum atomic E-state index is -0.481. The summed E-state index contributed by atoms with van der Waals surface area (Å²) in [5.41, 5.74) is 0.647. The predicted molar refractivity (Wildman–Crippen MR) is 60.8 cm³/mol. The molecule has 0 radical (unpaired) electrons. The van der Waals surface area contributed by atoms with Gasteiger partial charge in [0.15, 0.2) is 5.78 Å². The minimum absolute atomic E-state index is 0.165. The van der Waals surface area contributed by atoms with E-state index in [0.717, 1.165) is 0 Å². The zero-order valence-electron chi connectivity index (χ0n) is 9.86. The lowest BCUT2D eigenvalue weighted by atomic mass is 10.1. The zero-order chi connectivity index (χ0) is 12.6. The second-order valence-corrected chi connectivity index (χ2v) is 3.84. The van der Waals surface area contributed by atoms with Crippen molar-refractivity contribution < 1.29 is 9.18 Å². The molecular formula is C12H12FN3O. The third-order valence-electron chi connectivity index (χ3n) is 2.46. The number of carbonyl (C=O) groups excluding carboxylic acids is 1. The number of aryl methyl sites for hydroxylation is 2. The average Bonchev–Trinajstić information content (AvgIpc) is 2.57. The van der Waals surface area contributed by atoms with Crippen molar-refractivity contribution in [3.8, 4) is 5.69 Å². The zero-order valence-corrected chi connectivity index (χ0v) is 9.86. The maximum Gasteiger partial charge on any atom is 0.159 e. The molecule has 0 saturated carbocycles. The maximum absolute atomic E-state index is 13.8. The fourth-order valence-electron chi connectivity index (χ4n) is 1.65. The summed E-state index contributed by atoms with van der Waals surface area (Å²) < 4.78 is 15.3. The van der Waals surface area contributed by atoms with Gasteiger partial charge in [0, 0.05) is 5.56 Å². The largest absolute Gasteiger partial charge is 0.295 e. The lowest BCUT2D eigenvalue weighted by Crippen LogP contribution is -2.04. The van der Waals surface area contributed by atoms with Crippen LogP contribution in [0.25, 0.3) is 5.69 Å². The molecule has 0 unspecified atom stereocenters. The van der Waals surface area contributed by atoms with Gasteiger partial charge in [-0.2, -0.15) is 5.10 Å². The van der Waals surface area contributed by atoms with Crippen molar-refractivity contribution in [1.82, 2.24) is 14.8 Å². The Morgan fingerprint density at radius 3 is 2.53 bits per heavy atom. The predicted octanol–water partition coefficient (Wildman–Crippen LogP) is 2.23. The average molecular weight is 233 g/mol. The molecule has 4 nitrogen and oxygen atoms in total. The van der Waals surface area contributed by atoms with Gasteiger partial charge >= 0.3 is 0 Å². The molecule has 0 amide bonds. The van der Waals surface area contributed by atoms with Crippen LogP contribution in [0.5, 0.6) is 0 Å². The first-order valence-corrected chi connectivity index (χ1v) is 5.20. The molecule has 0 aliphatic heterocycles. The molecule has 2 aromatic rings. The van der Waals surface area contributed by atoms with Gasteiger partial charge in [0.05, 0.1) is 0 Å². The number of halogens is 1. The third kappa shape index (κ3) is 2.08. The van der Waals surface area contributed by atoms with Crippen LogP contribution < -0.4 is 0 Å². The highest BCUT2D eigenvalue weighted by Crippen LogP contribution is 2.16. The molecule has 17 heavy (non-hydrogen) atoms. The van der Waals surface area contributed by atoms with Gasteiger partial charge in [-0.25, -0.2) is 14.1 Å². The number of benzene rings is 1. The Bertz CT molecular complexity index is 589. The smallest absolute Gasteiger partial charge is 0.159 e. The van der Waals surface area contributed by atoms with Crippen molar-refractivity contribution in [1.29, 1.82) is 0 Å². The SMILES string of the molecule is CC(=O)c1ccc(-n2nc(C)nc2C)c(F)c1. The van der Waals surface area contributed by atoms with Crippen molar-refractivity contribution in [3.63, 3.8) is 0 Å². The molecular weight excluding hydrogens is 221 g/mol. The van der Waals surface area contributed by atoms with E-state index in [4.69, 9.17) is 0 Å². The molecule has 1 aromatic heterocycles. The van der Waals surface area contributed by atoms with E-state index in [9.17, 15) is 9.18 Å². The first-order valence-electron chi connectivity index (χ1n) is 5.20. The Morgan fingerprint density at radius 1 is 1.35 bits per heavy atom. The van der Waals surface area contributed by atoms with Crippen molar-refractivity contribution >= 4 is 5.78 Å². The molecule has 0 aliphatic carbocycles. The Kier molecular flexibility index (Phi) is 2.75. The summed E-state index contributed by atoms with van der Waals surface area (Å²) in [6.07, 6.45) is 0. The van der Waals surface area contributed by atoms with Gasteiger partial charge in [-0.05, 0) is 39.0 Å². The van der Waals surface area contributed by atoms with Crippen LogP contribution in [0.1, 0.15) is 28.9 Å². The van der Waals surface area contributed by atoms with Crippen LogP contribution in [0.3, 0.4) is 0 Å². The van der Waals surface area contributed by atoms with Crippen molar-refractivity contribution in [2.75, 3.05) is 0 Å². The summed E-state index contributed by atoms with van der Waals surface area (Å²) in [7, 11) is 0. The fourth-order valence-corrected chi connectivity index (χ4v) is 1.65. The minimum Gasteiger partial charge on any atom is -0.295 e. The normalized spacial score (nSPS) is 10.6. The number of aromatic nitrogens is 3. The number of rotatable bonds is 2. The van der Waals surface area contributed by atoms with Crippen LogP contribution in [-0.4, -0.2) is 20.5 Å². The molecule has 1 aromatic carbocycles. The summed E-state index contributed by atoms with van der Waals surface area (Å²) in [6.45, 7) is 4.89. The molecule has 0 bridgehead atoms. The van der Waals surface area contributed by atoms with Crippen molar-refractivity contribution in [3.05, 3.63) is 41.2 Å². The van der Waals surface area contributed by atoms with Crippen LogP contribution >= 0.6 is 0 Å². The summed E-state index contributed by atoms with van der Waals surface area (Å²) in [6, 6.07) is 4.33. The van der Waals surface area contributed by atoms with Crippen LogP contribution in [0, 0.1) is 19.7 Å². The number of ketones is 1. The first-order chi connectivity index (χ1) is 7.99. The van der Waals surface area contributed by atoms with Gasteiger partial charge in [0.2, 0.25) is 0 Å². The van der Waals surface area contributed by atoms with E-state index >= 15 is 0 Å². The summed E-state index contributed by atoms with van der Waals surface area (Å²) in [4.78, 5) is 15.2. The standard InChI is InChI=1S/C12H12FN3O/c1-7(17)10-4-5-12(11(13)6-10)16-9(3)14-8(2)15-16/h4-6H,1-3H3. The van der Waals surface area contributed by atoms with Crippen LogP contribution in [0.2, 0.25) is 0 Å². The first kappa shape index (κ1) is 11.4.